The highest BCUT2D eigenvalue weighted by Crippen LogP contribution is 2.18. The molecule has 1 N–H and O–H groups in total. The van der Waals surface area contributed by atoms with E-state index < -0.39 is 6.04 Å². The average Bonchev–Trinajstić information content (AvgIpc) is 2.86. The molecule has 118 valence electrons. The van der Waals surface area contributed by atoms with Crippen LogP contribution in [0.2, 0.25) is 0 Å². The second-order valence-corrected chi connectivity index (χ2v) is 5.49. The molecule has 0 saturated carbocycles. The van der Waals surface area contributed by atoms with E-state index in [9.17, 15) is 9.18 Å². The van der Waals surface area contributed by atoms with Gasteiger partial charge in [-0.05, 0) is 44.3 Å². The number of halogens is 1. The van der Waals surface area contributed by atoms with Crippen molar-refractivity contribution in [2.24, 2.45) is 0 Å². The number of nitrogens with zero attached hydrogens (tertiary/aromatic N) is 3. The van der Waals surface area contributed by atoms with Crippen molar-refractivity contribution in [3.05, 3.63) is 53.6 Å². The Kier molecular flexibility index (Phi) is 5.27. The number of hydrogen-bond donors (Lipinski definition) is 1. The van der Waals surface area contributed by atoms with Gasteiger partial charge in [-0.15, -0.1) is 0 Å². The van der Waals surface area contributed by atoms with Crippen LogP contribution in [0.1, 0.15) is 17.2 Å². The average molecular weight is 304 g/mol. The molecule has 1 atom stereocenters. The third kappa shape index (κ3) is 4.14. The van der Waals surface area contributed by atoms with Gasteiger partial charge in [0.25, 0.3) is 0 Å². The second kappa shape index (κ2) is 7.17. The molecule has 5 nitrogen and oxygen atoms in total. The monoisotopic (exact) mass is 304 g/mol. The Bertz CT molecular complexity index is 621. The fraction of sp³-hybridized carbons (Fsp3) is 0.375. The number of benzene rings is 1. The van der Waals surface area contributed by atoms with Crippen molar-refractivity contribution in [2.75, 3.05) is 20.6 Å². The number of rotatable bonds is 6. The van der Waals surface area contributed by atoms with Crippen LogP contribution in [0.25, 0.3) is 0 Å². The van der Waals surface area contributed by atoms with Crippen LogP contribution >= 0.6 is 0 Å². The second-order valence-electron chi connectivity index (χ2n) is 5.49. The molecule has 2 rings (SSSR count). The molecule has 1 amide bonds. The fourth-order valence-electron chi connectivity index (χ4n) is 2.31. The van der Waals surface area contributed by atoms with Gasteiger partial charge in [0, 0.05) is 12.7 Å². The summed E-state index contributed by atoms with van der Waals surface area (Å²) in [6.45, 7) is 3.08. The lowest BCUT2D eigenvalue weighted by molar-refractivity contribution is -0.125. The zero-order valence-corrected chi connectivity index (χ0v) is 13.1. The molecule has 6 heteroatoms. The summed E-state index contributed by atoms with van der Waals surface area (Å²) in [6.07, 6.45) is 3.71. The van der Waals surface area contributed by atoms with Crippen molar-refractivity contribution in [3.8, 4) is 0 Å². The highest BCUT2D eigenvalue weighted by Gasteiger charge is 2.22. The van der Waals surface area contributed by atoms with Gasteiger partial charge < -0.3 is 5.32 Å². The fourth-order valence-corrected chi connectivity index (χ4v) is 2.31. The van der Waals surface area contributed by atoms with Gasteiger partial charge >= 0.3 is 0 Å². The number of amides is 1. The molecular formula is C16H21FN4O. The molecule has 22 heavy (non-hydrogen) atoms. The van der Waals surface area contributed by atoms with Gasteiger partial charge in [0.15, 0.2) is 0 Å². The van der Waals surface area contributed by atoms with Crippen LogP contribution in [0, 0.1) is 12.7 Å². The minimum Gasteiger partial charge on any atom is -0.353 e. The number of nitrogens with one attached hydrogen (secondary N) is 1. The molecule has 1 aromatic heterocycles. The minimum absolute atomic E-state index is 0.111. The first-order valence-electron chi connectivity index (χ1n) is 7.16. The van der Waals surface area contributed by atoms with Crippen LogP contribution in [-0.2, 0) is 11.3 Å². The van der Waals surface area contributed by atoms with E-state index in [-0.39, 0.29) is 11.7 Å². The predicted octanol–water partition coefficient (Wildman–Crippen LogP) is 1.75. The first-order valence-corrected chi connectivity index (χ1v) is 7.16. The summed E-state index contributed by atoms with van der Waals surface area (Å²) in [4.78, 5) is 14.2. The van der Waals surface area contributed by atoms with E-state index in [0.29, 0.717) is 13.1 Å². The van der Waals surface area contributed by atoms with Crippen molar-refractivity contribution >= 4 is 5.91 Å². The van der Waals surface area contributed by atoms with E-state index in [1.807, 2.05) is 27.2 Å². The third-order valence-electron chi connectivity index (χ3n) is 3.35. The van der Waals surface area contributed by atoms with E-state index in [4.69, 9.17) is 0 Å². The maximum Gasteiger partial charge on any atom is 0.242 e. The number of hydrogen-bond acceptors (Lipinski definition) is 3. The number of likely N-dealkylation sites (N-methyl/N-ethyl adjacent to an activating group) is 1. The summed E-state index contributed by atoms with van der Waals surface area (Å²) in [7, 11) is 3.65. The first-order chi connectivity index (χ1) is 10.5. The van der Waals surface area contributed by atoms with Gasteiger partial charge in [0.05, 0.1) is 12.7 Å². The molecule has 0 bridgehead atoms. The van der Waals surface area contributed by atoms with Gasteiger partial charge in [0.1, 0.15) is 11.9 Å². The zero-order chi connectivity index (χ0) is 16.1. The molecule has 0 fully saturated rings. The Labute approximate surface area is 129 Å². The molecule has 2 aromatic rings. The first kappa shape index (κ1) is 16.2. The van der Waals surface area contributed by atoms with Crippen LogP contribution < -0.4 is 5.32 Å². The zero-order valence-electron chi connectivity index (χ0n) is 13.1. The summed E-state index contributed by atoms with van der Waals surface area (Å²) in [5.41, 5.74) is 1.85. The van der Waals surface area contributed by atoms with Crippen LogP contribution in [0.3, 0.4) is 0 Å². The standard InChI is InChI=1S/C16H21FN4O/c1-12-10-19-21(11-12)9-8-18-16(22)15(20(2)3)13-4-6-14(17)7-5-13/h4-7,10-11,15H,8-9H2,1-3H3,(H,18,22). The molecule has 1 heterocycles. The Hall–Kier alpha value is -2.21. The van der Waals surface area contributed by atoms with Crippen molar-refractivity contribution in [1.29, 1.82) is 0 Å². The smallest absolute Gasteiger partial charge is 0.242 e. The number of aromatic nitrogens is 2. The Morgan fingerprint density at radius 3 is 2.59 bits per heavy atom. The predicted molar refractivity (Wildman–Crippen MR) is 82.8 cm³/mol. The molecule has 0 aliphatic rings. The highest BCUT2D eigenvalue weighted by atomic mass is 19.1. The lowest BCUT2D eigenvalue weighted by atomic mass is 10.1. The van der Waals surface area contributed by atoms with E-state index in [1.54, 1.807) is 27.9 Å². The van der Waals surface area contributed by atoms with Gasteiger partial charge in [0.2, 0.25) is 5.91 Å². The van der Waals surface area contributed by atoms with Crippen molar-refractivity contribution in [2.45, 2.75) is 19.5 Å². The van der Waals surface area contributed by atoms with Crippen molar-refractivity contribution < 1.29 is 9.18 Å². The Morgan fingerprint density at radius 2 is 2.05 bits per heavy atom. The number of carbonyl (C=O) groups excluding carboxylic acids is 1. The van der Waals surface area contributed by atoms with E-state index >= 15 is 0 Å². The number of carbonyl (C=O) groups is 1. The topological polar surface area (TPSA) is 50.2 Å². The van der Waals surface area contributed by atoms with Gasteiger partial charge in [-0.2, -0.15) is 5.10 Å². The third-order valence-corrected chi connectivity index (χ3v) is 3.35. The van der Waals surface area contributed by atoms with E-state index in [0.717, 1.165) is 11.1 Å². The Balaban J connectivity index is 1.96. The summed E-state index contributed by atoms with van der Waals surface area (Å²) < 4.78 is 14.8. The van der Waals surface area contributed by atoms with Crippen LogP contribution in [0.4, 0.5) is 4.39 Å². The number of aryl methyl sites for hydroxylation is 1. The maximum atomic E-state index is 13.0. The summed E-state index contributed by atoms with van der Waals surface area (Å²) in [5.74, 6) is -0.420. The Morgan fingerprint density at radius 1 is 1.36 bits per heavy atom. The molecule has 0 spiro atoms. The van der Waals surface area contributed by atoms with Crippen LogP contribution in [0.5, 0.6) is 0 Å². The van der Waals surface area contributed by atoms with Crippen molar-refractivity contribution in [3.63, 3.8) is 0 Å². The van der Waals surface area contributed by atoms with Gasteiger partial charge in [-0.25, -0.2) is 4.39 Å². The summed E-state index contributed by atoms with van der Waals surface area (Å²) in [5, 5.41) is 7.07. The molecule has 0 aliphatic carbocycles. The quantitative estimate of drug-likeness (QED) is 0.884. The lowest BCUT2D eigenvalue weighted by Crippen LogP contribution is -2.38. The molecule has 0 radical (unpaired) electrons. The van der Waals surface area contributed by atoms with Crippen LogP contribution in [-0.4, -0.2) is 41.2 Å². The SMILES string of the molecule is Cc1cnn(CCNC(=O)C(c2ccc(F)cc2)N(C)C)c1. The van der Waals surface area contributed by atoms with E-state index in [2.05, 4.69) is 10.4 Å². The lowest BCUT2D eigenvalue weighted by Gasteiger charge is -2.23. The minimum atomic E-state index is -0.444. The van der Waals surface area contributed by atoms with Gasteiger partial charge in [-0.3, -0.25) is 14.4 Å². The largest absolute Gasteiger partial charge is 0.353 e. The van der Waals surface area contributed by atoms with Gasteiger partial charge in [-0.1, -0.05) is 12.1 Å². The molecule has 1 aromatic carbocycles. The van der Waals surface area contributed by atoms with Crippen LogP contribution in [0.15, 0.2) is 36.7 Å². The normalized spacial score (nSPS) is 12.4. The summed E-state index contributed by atoms with van der Waals surface area (Å²) in [6, 6.07) is 5.56. The van der Waals surface area contributed by atoms with Crippen molar-refractivity contribution in [1.82, 2.24) is 20.0 Å². The highest BCUT2D eigenvalue weighted by molar-refractivity contribution is 5.83. The molecular weight excluding hydrogens is 283 g/mol. The maximum absolute atomic E-state index is 13.0. The summed E-state index contributed by atoms with van der Waals surface area (Å²) >= 11 is 0. The molecule has 1 unspecified atom stereocenters. The molecule has 0 aliphatic heterocycles. The molecule has 0 saturated heterocycles. The van der Waals surface area contributed by atoms with E-state index in [1.165, 1.54) is 12.1 Å².